The number of aromatic nitrogens is 3. The van der Waals surface area contributed by atoms with Crippen LogP contribution in [0.3, 0.4) is 0 Å². The summed E-state index contributed by atoms with van der Waals surface area (Å²) in [5.74, 6) is 2.46. The first-order chi connectivity index (χ1) is 11.7. The summed E-state index contributed by atoms with van der Waals surface area (Å²) in [5, 5.41) is 13.8. The number of nitrogens with zero attached hydrogens (tertiary/aromatic N) is 3. The number of H-pyrrole nitrogens is 1. The van der Waals surface area contributed by atoms with Crippen LogP contribution in [0.5, 0.6) is 0 Å². The molecule has 2 atom stereocenters. The van der Waals surface area contributed by atoms with Crippen molar-refractivity contribution in [2.24, 2.45) is 10.9 Å². The topological polar surface area (TPSA) is 78.0 Å². The normalized spacial score (nSPS) is 20.6. The molecule has 1 aliphatic carbocycles. The molecule has 1 aromatic heterocycles. The molecule has 2 unspecified atom stereocenters. The maximum absolute atomic E-state index is 4.36. The molecule has 0 radical (unpaired) electrons. The average Bonchev–Trinajstić information content (AvgIpc) is 3.13. The third kappa shape index (κ3) is 5.69. The van der Waals surface area contributed by atoms with E-state index in [9.17, 15) is 0 Å². The van der Waals surface area contributed by atoms with Gasteiger partial charge in [-0.2, -0.15) is 5.10 Å². The minimum absolute atomic E-state index is 0. The van der Waals surface area contributed by atoms with Gasteiger partial charge < -0.3 is 10.6 Å². The van der Waals surface area contributed by atoms with Crippen molar-refractivity contribution in [3.8, 4) is 11.4 Å². The third-order valence-corrected chi connectivity index (χ3v) is 4.58. The molecule has 6 nitrogen and oxygen atoms in total. The summed E-state index contributed by atoms with van der Waals surface area (Å²) in [5.41, 5.74) is 2.22. The zero-order chi connectivity index (χ0) is 16.8. The van der Waals surface area contributed by atoms with Crippen LogP contribution in [-0.4, -0.2) is 34.2 Å². The van der Waals surface area contributed by atoms with Gasteiger partial charge in [-0.25, -0.2) is 4.98 Å². The highest BCUT2D eigenvalue weighted by Crippen LogP contribution is 2.23. The fourth-order valence-corrected chi connectivity index (χ4v) is 3.31. The lowest BCUT2D eigenvalue weighted by molar-refractivity contribution is 0.324. The maximum Gasteiger partial charge on any atom is 0.191 e. The van der Waals surface area contributed by atoms with E-state index < -0.39 is 0 Å². The predicted molar refractivity (Wildman–Crippen MR) is 112 cm³/mol. The molecule has 3 N–H and O–H groups in total. The minimum atomic E-state index is 0. The Labute approximate surface area is 166 Å². The number of halogens is 1. The average molecular weight is 454 g/mol. The molecule has 1 heterocycles. The van der Waals surface area contributed by atoms with Gasteiger partial charge in [-0.05, 0) is 30.4 Å². The fourth-order valence-electron chi connectivity index (χ4n) is 3.31. The van der Waals surface area contributed by atoms with Crippen molar-refractivity contribution >= 4 is 29.9 Å². The van der Waals surface area contributed by atoms with Gasteiger partial charge in [-0.3, -0.25) is 10.1 Å². The quantitative estimate of drug-likeness (QED) is 0.376. The Morgan fingerprint density at radius 3 is 2.96 bits per heavy atom. The second-order valence-electron chi connectivity index (χ2n) is 6.57. The first kappa shape index (κ1) is 19.7. The molecular weight excluding hydrogens is 427 g/mol. The maximum atomic E-state index is 4.36. The largest absolute Gasteiger partial charge is 0.354 e. The monoisotopic (exact) mass is 454 g/mol. The Kier molecular flexibility index (Phi) is 7.67. The van der Waals surface area contributed by atoms with Crippen LogP contribution in [0, 0.1) is 5.92 Å². The molecule has 2 aromatic rings. The summed E-state index contributed by atoms with van der Waals surface area (Å²) in [7, 11) is 1.83. The second-order valence-corrected chi connectivity index (χ2v) is 6.57. The molecule has 3 rings (SSSR count). The lowest BCUT2D eigenvalue weighted by atomic mass is 9.87. The molecule has 0 spiro atoms. The number of rotatable bonds is 4. The molecule has 25 heavy (non-hydrogen) atoms. The van der Waals surface area contributed by atoms with Crippen molar-refractivity contribution in [3.05, 3.63) is 36.2 Å². The molecule has 1 saturated carbocycles. The van der Waals surface area contributed by atoms with Gasteiger partial charge in [0.2, 0.25) is 0 Å². The van der Waals surface area contributed by atoms with Crippen LogP contribution < -0.4 is 10.6 Å². The minimum Gasteiger partial charge on any atom is -0.354 e. The Balaban J connectivity index is 0.00000225. The van der Waals surface area contributed by atoms with E-state index in [1.54, 1.807) is 0 Å². The van der Waals surface area contributed by atoms with E-state index in [1.165, 1.54) is 37.6 Å². The Morgan fingerprint density at radius 1 is 1.36 bits per heavy atom. The van der Waals surface area contributed by atoms with Crippen molar-refractivity contribution in [1.82, 2.24) is 25.8 Å². The highest BCUT2D eigenvalue weighted by molar-refractivity contribution is 14.0. The van der Waals surface area contributed by atoms with Crippen LogP contribution in [0.4, 0.5) is 0 Å². The standard InChI is InChI=1S/C18H26N6.HI/c1-13-5-3-8-16(9-13)23-18(19-2)20-11-14-6-4-7-15(10-14)17-21-12-22-24-17;/h4,6-7,10,12-13,16H,3,5,8-9,11H2,1-2H3,(H2,19,20,23)(H,21,22,24);1H. The van der Waals surface area contributed by atoms with Gasteiger partial charge in [0.1, 0.15) is 6.33 Å². The number of benzene rings is 1. The number of aliphatic imine (C=N–C) groups is 1. The highest BCUT2D eigenvalue weighted by atomic mass is 127. The molecule has 0 saturated heterocycles. The second kappa shape index (κ2) is 9.74. The van der Waals surface area contributed by atoms with E-state index in [0.717, 1.165) is 29.8 Å². The van der Waals surface area contributed by atoms with Crippen LogP contribution >= 0.6 is 24.0 Å². The first-order valence-electron chi connectivity index (χ1n) is 8.66. The molecular formula is C18H27IN6. The van der Waals surface area contributed by atoms with Gasteiger partial charge in [-0.1, -0.05) is 38.0 Å². The van der Waals surface area contributed by atoms with Gasteiger partial charge in [0, 0.05) is 25.2 Å². The number of hydrogen-bond acceptors (Lipinski definition) is 3. The van der Waals surface area contributed by atoms with Crippen molar-refractivity contribution in [1.29, 1.82) is 0 Å². The third-order valence-electron chi connectivity index (χ3n) is 4.58. The van der Waals surface area contributed by atoms with Crippen molar-refractivity contribution in [2.45, 2.75) is 45.2 Å². The van der Waals surface area contributed by atoms with E-state index in [1.807, 2.05) is 19.2 Å². The van der Waals surface area contributed by atoms with Crippen LogP contribution in [0.1, 0.15) is 38.2 Å². The first-order valence-corrected chi connectivity index (χ1v) is 8.66. The van der Waals surface area contributed by atoms with E-state index in [2.05, 4.69) is 49.9 Å². The molecule has 0 amide bonds. The summed E-state index contributed by atoms with van der Waals surface area (Å²) in [6.45, 7) is 3.06. The summed E-state index contributed by atoms with van der Waals surface area (Å²) < 4.78 is 0. The van der Waals surface area contributed by atoms with Crippen LogP contribution in [0.15, 0.2) is 35.6 Å². The Bertz CT molecular complexity index is 670. The number of aromatic amines is 1. The van der Waals surface area contributed by atoms with Crippen LogP contribution in [0.25, 0.3) is 11.4 Å². The number of nitrogens with one attached hydrogen (secondary N) is 3. The summed E-state index contributed by atoms with van der Waals surface area (Å²) in [6, 6.07) is 8.81. The summed E-state index contributed by atoms with van der Waals surface area (Å²) in [4.78, 5) is 8.56. The van der Waals surface area contributed by atoms with Gasteiger partial charge >= 0.3 is 0 Å². The van der Waals surface area contributed by atoms with E-state index in [-0.39, 0.29) is 24.0 Å². The number of hydrogen-bond donors (Lipinski definition) is 3. The summed E-state index contributed by atoms with van der Waals surface area (Å²) in [6.07, 6.45) is 6.62. The molecule has 1 fully saturated rings. The van der Waals surface area contributed by atoms with E-state index in [0.29, 0.717) is 6.04 Å². The van der Waals surface area contributed by atoms with Gasteiger partial charge in [0.05, 0.1) is 0 Å². The zero-order valence-corrected chi connectivity index (χ0v) is 17.2. The molecule has 0 bridgehead atoms. The predicted octanol–water partition coefficient (Wildman–Crippen LogP) is 3.33. The molecule has 1 aromatic carbocycles. The van der Waals surface area contributed by atoms with Crippen molar-refractivity contribution < 1.29 is 0 Å². The zero-order valence-electron chi connectivity index (χ0n) is 14.8. The highest BCUT2D eigenvalue weighted by Gasteiger charge is 2.19. The Morgan fingerprint density at radius 2 is 2.24 bits per heavy atom. The van der Waals surface area contributed by atoms with Gasteiger partial charge in [0.25, 0.3) is 0 Å². The van der Waals surface area contributed by atoms with E-state index in [4.69, 9.17) is 0 Å². The van der Waals surface area contributed by atoms with Crippen LogP contribution in [-0.2, 0) is 6.54 Å². The smallest absolute Gasteiger partial charge is 0.191 e. The Hall–Kier alpha value is -1.64. The molecule has 1 aliphatic rings. The van der Waals surface area contributed by atoms with Gasteiger partial charge in [-0.15, -0.1) is 24.0 Å². The lowest BCUT2D eigenvalue weighted by Crippen LogP contribution is -2.44. The van der Waals surface area contributed by atoms with E-state index >= 15 is 0 Å². The molecule has 136 valence electrons. The fraction of sp³-hybridized carbons (Fsp3) is 0.500. The lowest BCUT2D eigenvalue weighted by Gasteiger charge is -2.28. The van der Waals surface area contributed by atoms with Crippen molar-refractivity contribution in [2.75, 3.05) is 7.05 Å². The summed E-state index contributed by atoms with van der Waals surface area (Å²) >= 11 is 0. The van der Waals surface area contributed by atoms with Crippen LogP contribution in [0.2, 0.25) is 0 Å². The van der Waals surface area contributed by atoms with Gasteiger partial charge in [0.15, 0.2) is 11.8 Å². The molecule has 0 aliphatic heterocycles. The number of guanidine groups is 1. The molecule has 7 heteroatoms. The SMILES string of the molecule is CN=C(NCc1cccc(-c2ncn[nH]2)c1)NC1CCCC(C)C1.I. The van der Waals surface area contributed by atoms with Crippen molar-refractivity contribution in [3.63, 3.8) is 0 Å².